The molecule has 0 spiro atoms. The van der Waals surface area contributed by atoms with Crippen LogP contribution in [0.5, 0.6) is 11.5 Å². The van der Waals surface area contributed by atoms with Gasteiger partial charge in [0.2, 0.25) is 0 Å². The van der Waals surface area contributed by atoms with E-state index in [2.05, 4.69) is 24.2 Å². The molecule has 2 atom stereocenters. The predicted octanol–water partition coefficient (Wildman–Crippen LogP) is 1.61. The molecule has 1 aromatic carbocycles. The molecule has 0 radical (unpaired) electrons. The van der Waals surface area contributed by atoms with E-state index in [1.165, 1.54) is 13.2 Å². The Labute approximate surface area is 119 Å². The van der Waals surface area contributed by atoms with Crippen LogP contribution in [0.25, 0.3) is 0 Å². The lowest BCUT2D eigenvalue weighted by Crippen LogP contribution is -2.47. The smallest absolute Gasteiger partial charge is 0.251 e. The van der Waals surface area contributed by atoms with Crippen molar-refractivity contribution < 1.29 is 14.6 Å². The van der Waals surface area contributed by atoms with Gasteiger partial charge in [-0.15, -0.1) is 0 Å². The van der Waals surface area contributed by atoms with Gasteiger partial charge in [0.25, 0.3) is 5.91 Å². The van der Waals surface area contributed by atoms with E-state index in [4.69, 9.17) is 4.74 Å². The van der Waals surface area contributed by atoms with Crippen molar-refractivity contribution in [1.29, 1.82) is 0 Å². The van der Waals surface area contributed by atoms with E-state index in [0.29, 0.717) is 17.4 Å². The van der Waals surface area contributed by atoms with E-state index >= 15 is 0 Å². The van der Waals surface area contributed by atoms with Gasteiger partial charge in [0.1, 0.15) is 0 Å². The van der Waals surface area contributed by atoms with E-state index in [-0.39, 0.29) is 17.7 Å². The van der Waals surface area contributed by atoms with Crippen molar-refractivity contribution in [2.75, 3.05) is 20.7 Å². The van der Waals surface area contributed by atoms with Crippen LogP contribution in [0.15, 0.2) is 18.2 Å². The average molecular weight is 278 g/mol. The van der Waals surface area contributed by atoms with Crippen molar-refractivity contribution in [1.82, 2.24) is 10.2 Å². The zero-order chi connectivity index (χ0) is 14.7. The summed E-state index contributed by atoms with van der Waals surface area (Å²) in [4.78, 5) is 14.5. The number of likely N-dealkylation sites (tertiary alicyclic amines) is 1. The van der Waals surface area contributed by atoms with Gasteiger partial charge in [-0.05, 0) is 45.0 Å². The van der Waals surface area contributed by atoms with Crippen LogP contribution in [-0.2, 0) is 0 Å². The molecule has 1 fully saturated rings. The van der Waals surface area contributed by atoms with Gasteiger partial charge in [-0.25, -0.2) is 0 Å². The fourth-order valence-electron chi connectivity index (χ4n) is 2.52. The lowest BCUT2D eigenvalue weighted by molar-refractivity contribution is 0.0896. The SMILES string of the molecule is COc1ccc(C(=O)NC2CCN(C)C(C)C2)cc1O. The molecule has 110 valence electrons. The van der Waals surface area contributed by atoms with Gasteiger partial charge >= 0.3 is 0 Å². The second-order valence-corrected chi connectivity index (χ2v) is 5.41. The van der Waals surface area contributed by atoms with Gasteiger partial charge in [0, 0.05) is 24.2 Å². The molecular formula is C15H22N2O3. The van der Waals surface area contributed by atoms with E-state index in [1.807, 2.05) is 0 Å². The summed E-state index contributed by atoms with van der Waals surface area (Å²) in [5.41, 5.74) is 0.454. The number of hydrogen-bond acceptors (Lipinski definition) is 4. The lowest BCUT2D eigenvalue weighted by Gasteiger charge is -2.35. The second kappa shape index (κ2) is 6.13. The van der Waals surface area contributed by atoms with E-state index in [9.17, 15) is 9.90 Å². The van der Waals surface area contributed by atoms with Gasteiger partial charge in [-0.1, -0.05) is 0 Å². The summed E-state index contributed by atoms with van der Waals surface area (Å²) in [6.07, 6.45) is 1.90. The number of benzene rings is 1. The van der Waals surface area contributed by atoms with Gasteiger partial charge in [-0.3, -0.25) is 4.79 Å². The van der Waals surface area contributed by atoms with Crippen LogP contribution in [0.1, 0.15) is 30.1 Å². The molecule has 2 N–H and O–H groups in total. The summed E-state index contributed by atoms with van der Waals surface area (Å²) in [6.45, 7) is 3.15. The topological polar surface area (TPSA) is 61.8 Å². The number of nitrogens with zero attached hydrogens (tertiary/aromatic N) is 1. The second-order valence-electron chi connectivity index (χ2n) is 5.41. The Morgan fingerprint density at radius 2 is 2.25 bits per heavy atom. The number of aromatic hydroxyl groups is 1. The number of phenolic OH excluding ortho intramolecular Hbond substituents is 1. The normalized spacial score (nSPS) is 23.4. The highest BCUT2D eigenvalue weighted by Crippen LogP contribution is 2.26. The Morgan fingerprint density at radius 3 is 2.85 bits per heavy atom. The van der Waals surface area contributed by atoms with Crippen molar-refractivity contribution in [3.05, 3.63) is 23.8 Å². The van der Waals surface area contributed by atoms with Crippen LogP contribution in [0, 0.1) is 0 Å². The van der Waals surface area contributed by atoms with Gasteiger partial charge in [-0.2, -0.15) is 0 Å². The zero-order valence-corrected chi connectivity index (χ0v) is 12.2. The third-order valence-corrected chi connectivity index (χ3v) is 3.98. The highest BCUT2D eigenvalue weighted by Gasteiger charge is 2.24. The molecule has 0 saturated carbocycles. The first kappa shape index (κ1) is 14.7. The van der Waals surface area contributed by atoms with Crippen LogP contribution in [0.4, 0.5) is 0 Å². The minimum absolute atomic E-state index is 0.0168. The molecule has 1 aromatic rings. The summed E-state index contributed by atoms with van der Waals surface area (Å²) < 4.78 is 4.97. The zero-order valence-electron chi connectivity index (χ0n) is 12.2. The van der Waals surface area contributed by atoms with Gasteiger partial charge in [0.15, 0.2) is 11.5 Å². The van der Waals surface area contributed by atoms with Crippen molar-refractivity contribution in [3.63, 3.8) is 0 Å². The van der Waals surface area contributed by atoms with Crippen LogP contribution in [-0.4, -0.2) is 48.7 Å². The molecule has 1 amide bonds. The molecule has 5 heteroatoms. The number of nitrogens with one attached hydrogen (secondary N) is 1. The van der Waals surface area contributed by atoms with Crippen molar-refractivity contribution in [2.45, 2.75) is 31.8 Å². The summed E-state index contributed by atoms with van der Waals surface area (Å²) in [6, 6.07) is 5.36. The first-order valence-corrected chi connectivity index (χ1v) is 6.89. The minimum atomic E-state index is -0.148. The lowest BCUT2D eigenvalue weighted by atomic mass is 9.98. The predicted molar refractivity (Wildman–Crippen MR) is 77.2 cm³/mol. The highest BCUT2D eigenvalue weighted by atomic mass is 16.5. The molecule has 0 aromatic heterocycles. The fraction of sp³-hybridized carbons (Fsp3) is 0.533. The summed E-state index contributed by atoms with van der Waals surface area (Å²) in [5.74, 6) is 0.205. The van der Waals surface area contributed by atoms with E-state index in [1.54, 1.807) is 12.1 Å². The van der Waals surface area contributed by atoms with Crippen LogP contribution < -0.4 is 10.1 Å². The number of carbonyl (C=O) groups is 1. The number of phenols is 1. The molecule has 1 aliphatic heterocycles. The number of amides is 1. The monoisotopic (exact) mass is 278 g/mol. The molecule has 2 rings (SSSR count). The summed E-state index contributed by atoms with van der Waals surface area (Å²) >= 11 is 0. The Kier molecular flexibility index (Phi) is 4.49. The third-order valence-electron chi connectivity index (χ3n) is 3.98. The standard InChI is InChI=1S/C15H22N2O3/c1-10-8-12(6-7-17(10)2)16-15(19)11-4-5-14(20-3)13(18)9-11/h4-5,9-10,12,18H,6-8H2,1-3H3,(H,16,19). The summed E-state index contributed by atoms with van der Waals surface area (Å²) in [7, 11) is 3.58. The van der Waals surface area contributed by atoms with Gasteiger partial charge in [0.05, 0.1) is 7.11 Å². The molecule has 1 heterocycles. The Morgan fingerprint density at radius 1 is 1.50 bits per heavy atom. The van der Waals surface area contributed by atoms with Crippen molar-refractivity contribution >= 4 is 5.91 Å². The molecule has 1 aliphatic rings. The van der Waals surface area contributed by atoms with Crippen LogP contribution in [0.2, 0.25) is 0 Å². The van der Waals surface area contributed by atoms with E-state index in [0.717, 1.165) is 19.4 Å². The number of methoxy groups -OCH3 is 1. The number of rotatable bonds is 3. The largest absolute Gasteiger partial charge is 0.504 e. The number of ether oxygens (including phenoxy) is 1. The maximum atomic E-state index is 12.2. The third kappa shape index (κ3) is 3.22. The van der Waals surface area contributed by atoms with Gasteiger partial charge < -0.3 is 20.1 Å². The Balaban J connectivity index is 2.00. The summed E-state index contributed by atoms with van der Waals surface area (Å²) in [5, 5.41) is 12.7. The number of hydrogen-bond donors (Lipinski definition) is 2. The van der Waals surface area contributed by atoms with Crippen molar-refractivity contribution in [3.8, 4) is 11.5 Å². The van der Waals surface area contributed by atoms with Crippen LogP contribution >= 0.6 is 0 Å². The minimum Gasteiger partial charge on any atom is -0.504 e. The Hall–Kier alpha value is -1.75. The average Bonchev–Trinajstić information content (AvgIpc) is 2.42. The van der Waals surface area contributed by atoms with Crippen LogP contribution in [0.3, 0.4) is 0 Å². The number of piperidine rings is 1. The molecule has 0 bridgehead atoms. The van der Waals surface area contributed by atoms with Crippen molar-refractivity contribution in [2.24, 2.45) is 0 Å². The highest BCUT2D eigenvalue weighted by molar-refractivity contribution is 5.95. The quantitative estimate of drug-likeness (QED) is 0.882. The molecule has 1 saturated heterocycles. The van der Waals surface area contributed by atoms with E-state index < -0.39 is 0 Å². The first-order valence-electron chi connectivity index (χ1n) is 6.89. The number of carbonyl (C=O) groups excluding carboxylic acids is 1. The molecule has 20 heavy (non-hydrogen) atoms. The maximum Gasteiger partial charge on any atom is 0.251 e. The molecule has 5 nitrogen and oxygen atoms in total. The Bertz CT molecular complexity index is 490. The molecular weight excluding hydrogens is 256 g/mol. The molecule has 2 unspecified atom stereocenters. The fourth-order valence-corrected chi connectivity index (χ4v) is 2.52. The first-order chi connectivity index (χ1) is 9.51. The maximum absolute atomic E-state index is 12.2. The molecule has 0 aliphatic carbocycles.